The molecular weight excluding hydrogens is 292 g/mol. The van der Waals surface area contributed by atoms with Gasteiger partial charge in [-0.15, -0.1) is 0 Å². The van der Waals surface area contributed by atoms with Gasteiger partial charge in [-0.2, -0.15) is 0 Å². The van der Waals surface area contributed by atoms with Crippen LogP contribution < -0.4 is 5.32 Å². The Hall–Kier alpha value is -0.280. The SMILES string of the molecule is CC1CCCC1Nc1c(Cl)cc(F)cc1Br. The molecule has 88 valence electrons. The smallest absolute Gasteiger partial charge is 0.125 e. The maximum atomic E-state index is 13.1. The lowest BCUT2D eigenvalue weighted by Gasteiger charge is -2.20. The largest absolute Gasteiger partial charge is 0.380 e. The Balaban J connectivity index is 2.21. The van der Waals surface area contributed by atoms with E-state index >= 15 is 0 Å². The Morgan fingerprint density at radius 2 is 2.19 bits per heavy atom. The average molecular weight is 307 g/mol. The predicted molar refractivity (Wildman–Crippen MR) is 69.5 cm³/mol. The highest BCUT2D eigenvalue weighted by atomic mass is 79.9. The quantitative estimate of drug-likeness (QED) is 0.824. The molecule has 16 heavy (non-hydrogen) atoms. The Kier molecular flexibility index (Phi) is 3.75. The van der Waals surface area contributed by atoms with Crippen LogP contribution in [-0.4, -0.2) is 6.04 Å². The minimum Gasteiger partial charge on any atom is -0.380 e. The Labute approximate surface area is 109 Å². The van der Waals surface area contributed by atoms with Gasteiger partial charge in [-0.3, -0.25) is 0 Å². The van der Waals surface area contributed by atoms with Gasteiger partial charge in [-0.25, -0.2) is 4.39 Å². The molecule has 4 heteroatoms. The molecule has 1 fully saturated rings. The second-order valence-electron chi connectivity index (χ2n) is 4.40. The van der Waals surface area contributed by atoms with Gasteiger partial charge in [0.2, 0.25) is 0 Å². The van der Waals surface area contributed by atoms with Crippen LogP contribution in [0.3, 0.4) is 0 Å². The zero-order chi connectivity index (χ0) is 11.7. The van der Waals surface area contributed by atoms with Crippen LogP contribution in [0.15, 0.2) is 16.6 Å². The molecule has 0 radical (unpaired) electrons. The predicted octanol–water partition coefficient (Wildman–Crippen LogP) is 4.84. The van der Waals surface area contributed by atoms with Crippen molar-refractivity contribution < 1.29 is 4.39 Å². The summed E-state index contributed by atoms with van der Waals surface area (Å²) in [5.74, 6) is 0.329. The van der Waals surface area contributed by atoms with Crippen LogP contribution in [0.4, 0.5) is 10.1 Å². The summed E-state index contributed by atoms with van der Waals surface area (Å²) >= 11 is 9.37. The lowest BCUT2D eigenvalue weighted by Crippen LogP contribution is -2.22. The van der Waals surface area contributed by atoms with E-state index in [1.807, 2.05) is 0 Å². The van der Waals surface area contributed by atoms with Crippen LogP contribution in [0.2, 0.25) is 5.02 Å². The molecule has 1 aliphatic carbocycles. The van der Waals surface area contributed by atoms with Gasteiger partial charge in [0.15, 0.2) is 0 Å². The summed E-state index contributed by atoms with van der Waals surface area (Å²) in [7, 11) is 0. The Morgan fingerprint density at radius 1 is 1.44 bits per heavy atom. The number of hydrogen-bond acceptors (Lipinski definition) is 1. The first-order chi connectivity index (χ1) is 7.58. The monoisotopic (exact) mass is 305 g/mol. The van der Waals surface area contributed by atoms with E-state index in [4.69, 9.17) is 11.6 Å². The van der Waals surface area contributed by atoms with Crippen LogP contribution in [0.25, 0.3) is 0 Å². The number of hydrogen-bond donors (Lipinski definition) is 1. The molecule has 0 aliphatic heterocycles. The summed E-state index contributed by atoms with van der Waals surface area (Å²) in [6.45, 7) is 2.23. The molecule has 1 aromatic carbocycles. The van der Waals surface area contributed by atoms with Gasteiger partial charge in [-0.1, -0.05) is 24.9 Å². The molecule has 0 spiro atoms. The third kappa shape index (κ3) is 2.51. The normalized spacial score (nSPS) is 24.8. The average Bonchev–Trinajstić information content (AvgIpc) is 2.57. The minimum absolute atomic E-state index is 0.318. The first-order valence-corrected chi connectivity index (χ1v) is 6.66. The zero-order valence-electron chi connectivity index (χ0n) is 9.06. The Morgan fingerprint density at radius 3 is 2.75 bits per heavy atom. The van der Waals surface area contributed by atoms with Crippen LogP contribution in [0.5, 0.6) is 0 Å². The van der Waals surface area contributed by atoms with E-state index < -0.39 is 0 Å². The molecule has 0 aromatic heterocycles. The first kappa shape index (κ1) is 12.2. The third-order valence-electron chi connectivity index (χ3n) is 3.20. The topological polar surface area (TPSA) is 12.0 Å². The number of nitrogens with one attached hydrogen (secondary N) is 1. The van der Waals surface area contributed by atoms with E-state index in [0.717, 1.165) is 12.1 Å². The van der Waals surface area contributed by atoms with Crippen molar-refractivity contribution in [3.63, 3.8) is 0 Å². The van der Waals surface area contributed by atoms with Gasteiger partial charge in [-0.05, 0) is 46.8 Å². The molecule has 2 rings (SSSR count). The van der Waals surface area contributed by atoms with E-state index in [9.17, 15) is 4.39 Å². The van der Waals surface area contributed by atoms with Crippen molar-refractivity contribution in [1.29, 1.82) is 0 Å². The lowest BCUT2D eigenvalue weighted by atomic mass is 10.1. The van der Waals surface area contributed by atoms with Gasteiger partial charge in [0.25, 0.3) is 0 Å². The third-order valence-corrected chi connectivity index (χ3v) is 4.12. The van der Waals surface area contributed by atoms with Gasteiger partial charge in [0, 0.05) is 10.5 Å². The van der Waals surface area contributed by atoms with Crippen molar-refractivity contribution in [3.05, 3.63) is 27.4 Å². The summed E-state index contributed by atoms with van der Waals surface area (Å²) in [6, 6.07) is 3.22. The first-order valence-electron chi connectivity index (χ1n) is 5.49. The summed E-state index contributed by atoms with van der Waals surface area (Å²) in [4.78, 5) is 0. The summed E-state index contributed by atoms with van der Waals surface area (Å²) in [6.07, 6.45) is 3.64. The highest BCUT2D eigenvalue weighted by molar-refractivity contribution is 9.10. The van der Waals surface area contributed by atoms with Crippen LogP contribution >= 0.6 is 27.5 Å². The maximum Gasteiger partial charge on any atom is 0.125 e. The van der Waals surface area contributed by atoms with Crippen LogP contribution in [0, 0.1) is 11.7 Å². The fraction of sp³-hybridized carbons (Fsp3) is 0.500. The molecule has 1 aromatic rings. The molecule has 0 bridgehead atoms. The minimum atomic E-state index is -0.318. The van der Waals surface area contributed by atoms with Gasteiger partial charge in [0.05, 0.1) is 10.7 Å². The molecule has 0 amide bonds. The lowest BCUT2D eigenvalue weighted by molar-refractivity contribution is 0.556. The number of halogens is 3. The van der Waals surface area contributed by atoms with Crippen molar-refractivity contribution in [3.8, 4) is 0 Å². The fourth-order valence-electron chi connectivity index (χ4n) is 2.23. The number of rotatable bonds is 2. The Bertz CT molecular complexity index is 374. The van der Waals surface area contributed by atoms with Crippen LogP contribution in [-0.2, 0) is 0 Å². The van der Waals surface area contributed by atoms with E-state index in [0.29, 0.717) is 21.5 Å². The highest BCUT2D eigenvalue weighted by Crippen LogP contribution is 2.35. The van der Waals surface area contributed by atoms with Crippen molar-refractivity contribution in [2.45, 2.75) is 32.2 Å². The van der Waals surface area contributed by atoms with E-state index in [1.165, 1.54) is 25.0 Å². The molecular formula is C12H14BrClFN. The highest BCUT2D eigenvalue weighted by Gasteiger charge is 2.24. The van der Waals surface area contributed by atoms with Crippen molar-refractivity contribution >= 4 is 33.2 Å². The zero-order valence-corrected chi connectivity index (χ0v) is 11.4. The van der Waals surface area contributed by atoms with Crippen molar-refractivity contribution in [2.24, 2.45) is 5.92 Å². The molecule has 1 nitrogen and oxygen atoms in total. The van der Waals surface area contributed by atoms with Crippen molar-refractivity contribution in [1.82, 2.24) is 0 Å². The molecule has 1 saturated carbocycles. The summed E-state index contributed by atoms with van der Waals surface area (Å²) < 4.78 is 13.7. The van der Waals surface area contributed by atoms with Crippen molar-refractivity contribution in [2.75, 3.05) is 5.32 Å². The molecule has 1 N–H and O–H groups in total. The van der Waals surface area contributed by atoms with E-state index in [2.05, 4.69) is 28.2 Å². The van der Waals surface area contributed by atoms with Gasteiger partial charge >= 0.3 is 0 Å². The standard InChI is InChI=1S/C12H14BrClFN/c1-7-3-2-4-11(7)16-12-9(13)5-8(15)6-10(12)14/h5-7,11,16H,2-4H2,1H3. The van der Waals surface area contributed by atoms with Gasteiger partial charge in [0.1, 0.15) is 5.82 Å². The number of anilines is 1. The maximum absolute atomic E-state index is 13.1. The second-order valence-corrected chi connectivity index (χ2v) is 5.66. The van der Waals surface area contributed by atoms with Gasteiger partial charge < -0.3 is 5.32 Å². The fourth-order valence-corrected chi connectivity index (χ4v) is 3.15. The molecule has 0 saturated heterocycles. The molecule has 2 unspecified atom stereocenters. The second kappa shape index (κ2) is 4.92. The molecule has 2 atom stereocenters. The number of benzene rings is 1. The van der Waals surface area contributed by atoms with Crippen LogP contribution in [0.1, 0.15) is 26.2 Å². The molecule has 0 heterocycles. The van der Waals surface area contributed by atoms with E-state index in [1.54, 1.807) is 0 Å². The summed E-state index contributed by atoms with van der Waals surface area (Å²) in [5, 5.41) is 3.85. The summed E-state index contributed by atoms with van der Waals surface area (Å²) in [5.41, 5.74) is 0.807. The van der Waals surface area contributed by atoms with E-state index in [-0.39, 0.29) is 5.82 Å². The molecule has 1 aliphatic rings.